The zero-order chi connectivity index (χ0) is 12.3. The summed E-state index contributed by atoms with van der Waals surface area (Å²) in [6.07, 6.45) is 3.27. The fourth-order valence-corrected chi connectivity index (χ4v) is 1.33. The molecule has 1 aromatic heterocycles. The summed E-state index contributed by atoms with van der Waals surface area (Å²) in [7, 11) is 0. The first kappa shape index (κ1) is 11.0. The van der Waals surface area contributed by atoms with Gasteiger partial charge in [-0.1, -0.05) is 18.2 Å². The highest BCUT2D eigenvalue weighted by molar-refractivity contribution is 5.67. The van der Waals surface area contributed by atoms with Gasteiger partial charge in [0, 0.05) is 6.07 Å². The van der Waals surface area contributed by atoms with Crippen LogP contribution in [0, 0.1) is 0 Å². The van der Waals surface area contributed by atoms with Crippen molar-refractivity contribution in [1.82, 2.24) is 0 Å². The monoisotopic (exact) mass is 230 g/mol. The number of benzene rings is 1. The summed E-state index contributed by atoms with van der Waals surface area (Å²) in [5, 5.41) is 18.3. The second-order valence-corrected chi connectivity index (χ2v) is 3.46. The predicted octanol–water partition coefficient (Wildman–Crippen LogP) is 2.22. The molecule has 0 amide bonds. The van der Waals surface area contributed by atoms with Gasteiger partial charge in [0.2, 0.25) is 0 Å². The molecule has 0 aliphatic carbocycles. The van der Waals surface area contributed by atoms with Crippen molar-refractivity contribution >= 4 is 12.2 Å². The van der Waals surface area contributed by atoms with Gasteiger partial charge in [-0.15, -0.1) is 0 Å². The minimum absolute atomic E-state index is 0.133. The molecule has 0 spiro atoms. The van der Waals surface area contributed by atoms with E-state index in [2.05, 4.69) is 0 Å². The summed E-state index contributed by atoms with van der Waals surface area (Å²) >= 11 is 0. The summed E-state index contributed by atoms with van der Waals surface area (Å²) in [5.41, 5.74) is 0.240. The second kappa shape index (κ2) is 4.57. The van der Waals surface area contributed by atoms with Crippen molar-refractivity contribution in [1.29, 1.82) is 0 Å². The molecule has 0 fully saturated rings. The van der Waals surface area contributed by atoms with Crippen LogP contribution in [0.15, 0.2) is 45.6 Å². The molecule has 0 unspecified atom stereocenters. The molecule has 0 saturated heterocycles. The Balaban J connectivity index is 2.25. The third kappa shape index (κ3) is 2.98. The lowest BCUT2D eigenvalue weighted by Gasteiger charge is -1.95. The number of phenolic OH excluding ortho intramolecular Hbond substituents is 1. The van der Waals surface area contributed by atoms with Gasteiger partial charge < -0.3 is 14.6 Å². The van der Waals surface area contributed by atoms with Crippen molar-refractivity contribution in [2.75, 3.05) is 0 Å². The van der Waals surface area contributed by atoms with Gasteiger partial charge in [-0.05, 0) is 23.8 Å². The Morgan fingerprint density at radius 1 is 0.941 bits per heavy atom. The number of phenols is 1. The largest absolute Gasteiger partial charge is 0.508 e. The Morgan fingerprint density at radius 2 is 1.65 bits per heavy atom. The van der Waals surface area contributed by atoms with Crippen molar-refractivity contribution in [3.8, 4) is 11.5 Å². The molecular weight excluding hydrogens is 220 g/mol. The number of hydrogen-bond donors (Lipinski definition) is 2. The Kier molecular flexibility index (Phi) is 2.96. The van der Waals surface area contributed by atoms with Gasteiger partial charge in [-0.25, -0.2) is 4.79 Å². The standard InChI is InChI=1S/C13H10O4/c14-10-4-1-9(2-5-10)3-6-12-7-11(15)8-13(16)17-12/h1-8,14-15H/b6-3+. The molecule has 0 radical (unpaired) electrons. The molecule has 0 aliphatic heterocycles. The zero-order valence-corrected chi connectivity index (χ0v) is 8.83. The molecule has 2 aromatic rings. The molecule has 1 aromatic carbocycles. The van der Waals surface area contributed by atoms with E-state index in [0.29, 0.717) is 0 Å². The Hall–Kier alpha value is -2.49. The normalized spacial score (nSPS) is 10.8. The molecule has 2 rings (SSSR count). The van der Waals surface area contributed by atoms with E-state index in [1.807, 2.05) is 0 Å². The second-order valence-electron chi connectivity index (χ2n) is 3.46. The van der Waals surface area contributed by atoms with Gasteiger partial charge >= 0.3 is 5.63 Å². The van der Waals surface area contributed by atoms with Crippen molar-refractivity contribution in [2.45, 2.75) is 0 Å². The van der Waals surface area contributed by atoms with Crippen LogP contribution < -0.4 is 5.63 Å². The molecule has 17 heavy (non-hydrogen) atoms. The maximum atomic E-state index is 11.0. The number of aromatic hydroxyl groups is 2. The van der Waals surface area contributed by atoms with Crippen LogP contribution in [0.1, 0.15) is 11.3 Å². The first-order valence-electron chi connectivity index (χ1n) is 4.95. The average molecular weight is 230 g/mol. The van der Waals surface area contributed by atoms with E-state index in [4.69, 9.17) is 9.52 Å². The predicted molar refractivity (Wildman–Crippen MR) is 63.7 cm³/mol. The van der Waals surface area contributed by atoms with Crippen LogP contribution in [0.5, 0.6) is 11.5 Å². The highest BCUT2D eigenvalue weighted by atomic mass is 16.4. The molecule has 0 aliphatic rings. The van der Waals surface area contributed by atoms with E-state index >= 15 is 0 Å². The van der Waals surface area contributed by atoms with Crippen LogP contribution >= 0.6 is 0 Å². The third-order valence-electron chi connectivity index (χ3n) is 2.11. The van der Waals surface area contributed by atoms with E-state index in [0.717, 1.165) is 11.6 Å². The Labute approximate surface area is 97.1 Å². The van der Waals surface area contributed by atoms with Gasteiger partial charge in [-0.3, -0.25) is 0 Å². The fraction of sp³-hybridized carbons (Fsp3) is 0. The van der Waals surface area contributed by atoms with Crippen LogP contribution in [0.4, 0.5) is 0 Å². The highest BCUT2D eigenvalue weighted by Gasteiger charge is 1.96. The number of rotatable bonds is 2. The van der Waals surface area contributed by atoms with Gasteiger partial charge in [0.15, 0.2) is 0 Å². The zero-order valence-electron chi connectivity index (χ0n) is 8.83. The van der Waals surface area contributed by atoms with Gasteiger partial charge in [0.05, 0.1) is 6.07 Å². The third-order valence-corrected chi connectivity index (χ3v) is 2.11. The lowest BCUT2D eigenvalue weighted by Crippen LogP contribution is -1.95. The van der Waals surface area contributed by atoms with E-state index in [1.54, 1.807) is 36.4 Å². The molecule has 0 bridgehead atoms. The maximum Gasteiger partial charge on any atom is 0.339 e. The van der Waals surface area contributed by atoms with Crippen LogP contribution in [0.2, 0.25) is 0 Å². The lowest BCUT2D eigenvalue weighted by atomic mass is 10.2. The maximum absolute atomic E-state index is 11.0. The lowest BCUT2D eigenvalue weighted by molar-refractivity contribution is 0.444. The smallest absolute Gasteiger partial charge is 0.339 e. The quantitative estimate of drug-likeness (QED) is 0.829. The van der Waals surface area contributed by atoms with E-state index in [9.17, 15) is 9.90 Å². The van der Waals surface area contributed by atoms with Crippen LogP contribution in [-0.4, -0.2) is 10.2 Å². The molecular formula is C13H10O4. The molecule has 0 atom stereocenters. The van der Waals surface area contributed by atoms with Gasteiger partial charge in [-0.2, -0.15) is 0 Å². The van der Waals surface area contributed by atoms with Crippen LogP contribution in [-0.2, 0) is 0 Å². The SMILES string of the molecule is O=c1cc(O)cc(/C=C/c2ccc(O)cc2)o1. The summed E-state index contributed by atoms with van der Waals surface area (Å²) < 4.78 is 4.85. The molecule has 4 nitrogen and oxygen atoms in total. The molecule has 1 heterocycles. The molecule has 4 heteroatoms. The number of hydrogen-bond acceptors (Lipinski definition) is 4. The van der Waals surface area contributed by atoms with Gasteiger partial charge in [0.25, 0.3) is 0 Å². The first-order valence-corrected chi connectivity index (χ1v) is 4.95. The van der Waals surface area contributed by atoms with E-state index < -0.39 is 5.63 Å². The van der Waals surface area contributed by atoms with Crippen LogP contribution in [0.25, 0.3) is 12.2 Å². The Morgan fingerprint density at radius 3 is 2.29 bits per heavy atom. The minimum atomic E-state index is -0.602. The van der Waals surface area contributed by atoms with Crippen molar-refractivity contribution < 1.29 is 14.6 Å². The first-order chi connectivity index (χ1) is 8.13. The van der Waals surface area contributed by atoms with Crippen LogP contribution in [0.3, 0.4) is 0 Å². The van der Waals surface area contributed by atoms with Gasteiger partial charge in [0.1, 0.15) is 17.3 Å². The highest BCUT2D eigenvalue weighted by Crippen LogP contribution is 2.14. The molecule has 2 N–H and O–H groups in total. The average Bonchev–Trinajstić information content (AvgIpc) is 2.27. The van der Waals surface area contributed by atoms with E-state index in [-0.39, 0.29) is 17.3 Å². The summed E-state index contributed by atoms with van der Waals surface area (Å²) in [6, 6.07) is 8.88. The summed E-state index contributed by atoms with van der Waals surface area (Å²) in [5.74, 6) is 0.320. The minimum Gasteiger partial charge on any atom is -0.508 e. The fourth-order valence-electron chi connectivity index (χ4n) is 1.33. The topological polar surface area (TPSA) is 70.7 Å². The van der Waals surface area contributed by atoms with Crippen molar-refractivity contribution in [3.05, 3.63) is 58.1 Å². The molecule has 86 valence electrons. The van der Waals surface area contributed by atoms with Crippen molar-refractivity contribution in [3.63, 3.8) is 0 Å². The summed E-state index contributed by atoms with van der Waals surface area (Å²) in [6.45, 7) is 0. The Bertz CT molecular complexity index is 594. The van der Waals surface area contributed by atoms with E-state index in [1.165, 1.54) is 6.07 Å². The summed E-state index contributed by atoms with van der Waals surface area (Å²) in [4.78, 5) is 11.0. The van der Waals surface area contributed by atoms with Crippen molar-refractivity contribution in [2.24, 2.45) is 0 Å². The molecule has 0 saturated carbocycles.